The van der Waals surface area contributed by atoms with Crippen LogP contribution in [0, 0.1) is 3.57 Å². The van der Waals surface area contributed by atoms with Gasteiger partial charge in [-0.1, -0.05) is 22.9 Å². The Bertz CT molecular complexity index is 644. The van der Waals surface area contributed by atoms with E-state index < -0.39 is 5.91 Å². The van der Waals surface area contributed by atoms with Gasteiger partial charge in [0.2, 0.25) is 0 Å². The Balaban J connectivity index is 2.59. The van der Waals surface area contributed by atoms with Crippen LogP contribution in [-0.2, 0) is 0 Å². The maximum Gasteiger partial charge on any atom is 0.271 e. The van der Waals surface area contributed by atoms with Gasteiger partial charge in [-0.25, -0.2) is 0 Å². The van der Waals surface area contributed by atoms with Crippen LogP contribution in [0.2, 0.25) is 0 Å². The number of rotatable bonds is 5. The summed E-state index contributed by atoms with van der Waals surface area (Å²) >= 11 is 5.60. The van der Waals surface area contributed by atoms with Gasteiger partial charge < -0.3 is 10.5 Å². The van der Waals surface area contributed by atoms with Crippen LogP contribution < -0.4 is 10.5 Å². The molecule has 0 saturated heterocycles. The molecule has 2 aromatic rings. The van der Waals surface area contributed by atoms with Crippen LogP contribution in [-0.4, -0.2) is 27.9 Å². The lowest BCUT2D eigenvalue weighted by Gasteiger charge is -2.12. The van der Waals surface area contributed by atoms with Gasteiger partial charge >= 0.3 is 0 Å². The highest BCUT2D eigenvalue weighted by Crippen LogP contribution is 2.37. The molecule has 0 radical (unpaired) electrons. The zero-order chi connectivity index (χ0) is 14.7. The molecule has 106 valence electrons. The van der Waals surface area contributed by atoms with Crippen molar-refractivity contribution in [3.63, 3.8) is 0 Å². The van der Waals surface area contributed by atoms with Gasteiger partial charge in [0.05, 0.1) is 10.2 Å². The maximum absolute atomic E-state index is 11.4. The van der Waals surface area contributed by atoms with Crippen LogP contribution in [0.5, 0.6) is 5.75 Å². The number of carbonyl (C=O) groups excluding carboxylic acids is 1. The monoisotopic (exact) mass is 450 g/mol. The van der Waals surface area contributed by atoms with E-state index in [1.807, 2.05) is 19.1 Å². The summed E-state index contributed by atoms with van der Waals surface area (Å²) in [6, 6.07) is 3.76. The van der Waals surface area contributed by atoms with Crippen LogP contribution >= 0.6 is 38.5 Å². The largest absolute Gasteiger partial charge is 0.492 e. The molecule has 0 aliphatic carbocycles. The summed E-state index contributed by atoms with van der Waals surface area (Å²) in [5.74, 6) is 0.0391. The lowest BCUT2D eigenvalue weighted by atomic mass is 10.1. The average molecular weight is 451 g/mol. The Morgan fingerprint density at radius 2 is 2.25 bits per heavy atom. The van der Waals surface area contributed by atoms with Crippen LogP contribution in [0.3, 0.4) is 0 Å². The molecule has 1 aromatic heterocycles. The second-order valence-corrected chi connectivity index (χ2v) is 6.08. The molecule has 0 unspecified atom stereocenters. The molecule has 3 N–H and O–H groups in total. The van der Waals surface area contributed by atoms with Gasteiger partial charge in [0.25, 0.3) is 5.91 Å². The van der Waals surface area contributed by atoms with Crippen molar-refractivity contribution >= 4 is 44.4 Å². The molecule has 1 aromatic carbocycles. The lowest BCUT2D eigenvalue weighted by molar-refractivity contribution is 0.0996. The van der Waals surface area contributed by atoms with E-state index in [4.69, 9.17) is 10.5 Å². The fourth-order valence-corrected chi connectivity index (χ4v) is 3.35. The zero-order valence-electron chi connectivity index (χ0n) is 10.6. The third kappa shape index (κ3) is 3.11. The second kappa shape index (κ2) is 6.53. The summed E-state index contributed by atoms with van der Waals surface area (Å²) in [7, 11) is 0. The SMILES string of the molecule is CCCOc1c(I)cc(Br)cc1-c1n[nH]nc1C(N)=O. The molecule has 0 atom stereocenters. The number of hydrogen-bond donors (Lipinski definition) is 2. The molecule has 2 rings (SSSR count). The first-order chi connectivity index (χ1) is 9.54. The van der Waals surface area contributed by atoms with Crippen LogP contribution in [0.1, 0.15) is 23.8 Å². The molecule has 0 fully saturated rings. The van der Waals surface area contributed by atoms with Crippen LogP contribution in [0.4, 0.5) is 0 Å². The topological polar surface area (TPSA) is 93.9 Å². The third-order valence-electron chi connectivity index (χ3n) is 2.50. The van der Waals surface area contributed by atoms with Gasteiger partial charge in [-0.05, 0) is 41.1 Å². The number of hydrogen-bond acceptors (Lipinski definition) is 4. The van der Waals surface area contributed by atoms with E-state index in [0.29, 0.717) is 23.6 Å². The number of amides is 1. The lowest BCUT2D eigenvalue weighted by Crippen LogP contribution is -2.13. The minimum atomic E-state index is -0.634. The predicted octanol–water partition coefficient (Wildman–Crippen LogP) is 2.73. The third-order valence-corrected chi connectivity index (χ3v) is 3.75. The van der Waals surface area contributed by atoms with Crippen molar-refractivity contribution in [2.24, 2.45) is 5.73 Å². The molecule has 0 aliphatic rings. The van der Waals surface area contributed by atoms with E-state index in [2.05, 4.69) is 53.9 Å². The fourth-order valence-electron chi connectivity index (χ4n) is 1.68. The van der Waals surface area contributed by atoms with Gasteiger partial charge in [-0.3, -0.25) is 4.79 Å². The summed E-state index contributed by atoms with van der Waals surface area (Å²) < 4.78 is 7.54. The number of aromatic nitrogens is 3. The molecule has 1 amide bonds. The molecule has 0 aliphatic heterocycles. The predicted molar refractivity (Wildman–Crippen MR) is 86.5 cm³/mol. The van der Waals surface area contributed by atoms with Crippen molar-refractivity contribution in [2.75, 3.05) is 6.61 Å². The molecule has 0 saturated carbocycles. The maximum atomic E-state index is 11.4. The smallest absolute Gasteiger partial charge is 0.271 e. The Morgan fingerprint density at radius 1 is 1.50 bits per heavy atom. The average Bonchev–Trinajstić information content (AvgIpc) is 2.86. The van der Waals surface area contributed by atoms with E-state index >= 15 is 0 Å². The molecule has 6 nitrogen and oxygen atoms in total. The van der Waals surface area contributed by atoms with Crippen molar-refractivity contribution in [3.05, 3.63) is 25.9 Å². The van der Waals surface area contributed by atoms with Crippen molar-refractivity contribution in [1.82, 2.24) is 15.4 Å². The number of benzene rings is 1. The quantitative estimate of drug-likeness (QED) is 0.685. The van der Waals surface area contributed by atoms with Crippen molar-refractivity contribution in [2.45, 2.75) is 13.3 Å². The number of H-pyrrole nitrogens is 1. The molecule has 0 bridgehead atoms. The molecule has 0 spiro atoms. The van der Waals surface area contributed by atoms with E-state index in [0.717, 1.165) is 14.5 Å². The number of carbonyl (C=O) groups is 1. The van der Waals surface area contributed by atoms with Crippen molar-refractivity contribution < 1.29 is 9.53 Å². The number of nitrogens with two attached hydrogens (primary N) is 1. The van der Waals surface area contributed by atoms with E-state index in [9.17, 15) is 4.79 Å². The normalized spacial score (nSPS) is 10.6. The number of halogens is 2. The number of nitrogens with zero attached hydrogens (tertiary/aromatic N) is 2. The van der Waals surface area contributed by atoms with E-state index in [-0.39, 0.29) is 5.69 Å². The van der Waals surface area contributed by atoms with E-state index in [1.165, 1.54) is 0 Å². The summed E-state index contributed by atoms with van der Waals surface area (Å²) in [5.41, 5.74) is 6.48. The zero-order valence-corrected chi connectivity index (χ0v) is 14.4. The minimum absolute atomic E-state index is 0.0975. The summed E-state index contributed by atoms with van der Waals surface area (Å²) in [5, 5.41) is 10.2. The number of primary amides is 1. The van der Waals surface area contributed by atoms with Crippen LogP contribution in [0.25, 0.3) is 11.3 Å². The second-order valence-electron chi connectivity index (χ2n) is 4.00. The van der Waals surface area contributed by atoms with Gasteiger partial charge in [0.15, 0.2) is 5.69 Å². The Morgan fingerprint density at radius 3 is 2.90 bits per heavy atom. The highest BCUT2D eigenvalue weighted by atomic mass is 127. The number of nitrogens with one attached hydrogen (secondary N) is 1. The Labute approximate surface area is 137 Å². The summed E-state index contributed by atoms with van der Waals surface area (Å²) in [6.45, 7) is 2.60. The standard InChI is InChI=1S/C12H12BrIN4O2/c1-2-3-20-11-7(4-6(13)5-8(11)14)9-10(12(15)19)17-18-16-9/h4-5H,2-3H2,1H3,(H2,15,19)(H,16,17,18). The van der Waals surface area contributed by atoms with Gasteiger partial charge in [0, 0.05) is 10.0 Å². The molecule has 1 heterocycles. The summed E-state index contributed by atoms with van der Waals surface area (Å²) in [4.78, 5) is 11.4. The molecule has 8 heteroatoms. The van der Waals surface area contributed by atoms with Gasteiger partial charge in [-0.2, -0.15) is 15.4 Å². The number of aromatic amines is 1. The first kappa shape index (κ1) is 15.2. The first-order valence-electron chi connectivity index (χ1n) is 5.87. The van der Waals surface area contributed by atoms with Gasteiger partial charge in [0.1, 0.15) is 11.4 Å². The molecular formula is C12H12BrIN4O2. The van der Waals surface area contributed by atoms with E-state index in [1.54, 1.807) is 0 Å². The van der Waals surface area contributed by atoms with Crippen molar-refractivity contribution in [3.8, 4) is 17.0 Å². The Kier molecular flexibility index (Phi) is 4.97. The Hall–Kier alpha value is -1.16. The first-order valence-corrected chi connectivity index (χ1v) is 7.74. The molecule has 20 heavy (non-hydrogen) atoms. The highest BCUT2D eigenvalue weighted by molar-refractivity contribution is 14.1. The number of ether oxygens (including phenoxy) is 1. The van der Waals surface area contributed by atoms with Crippen LogP contribution in [0.15, 0.2) is 16.6 Å². The van der Waals surface area contributed by atoms with Crippen molar-refractivity contribution in [1.29, 1.82) is 0 Å². The fraction of sp³-hybridized carbons (Fsp3) is 0.250. The van der Waals surface area contributed by atoms with Gasteiger partial charge in [-0.15, -0.1) is 0 Å². The molecular weight excluding hydrogens is 439 g/mol. The minimum Gasteiger partial charge on any atom is -0.492 e. The summed E-state index contributed by atoms with van der Waals surface area (Å²) in [6.07, 6.45) is 0.882. The highest BCUT2D eigenvalue weighted by Gasteiger charge is 2.21.